The first-order chi connectivity index (χ1) is 12.7. The van der Waals surface area contributed by atoms with Crippen molar-refractivity contribution in [2.45, 2.75) is 46.3 Å². The van der Waals surface area contributed by atoms with Gasteiger partial charge < -0.3 is 19.9 Å². The first kappa shape index (κ1) is 18.3. The summed E-state index contributed by atoms with van der Waals surface area (Å²) in [6.07, 6.45) is 4.80. The first-order valence-corrected chi connectivity index (χ1v) is 9.44. The first-order valence-electron chi connectivity index (χ1n) is 9.44. The van der Waals surface area contributed by atoms with Gasteiger partial charge in [-0.3, -0.25) is 0 Å². The summed E-state index contributed by atoms with van der Waals surface area (Å²) in [5.41, 5.74) is 1.19. The maximum Gasteiger partial charge on any atom is 0.192 e. The molecule has 0 amide bonds. The van der Waals surface area contributed by atoms with Crippen LogP contribution in [0.2, 0.25) is 0 Å². The van der Waals surface area contributed by atoms with E-state index < -0.39 is 0 Å². The van der Waals surface area contributed by atoms with Gasteiger partial charge in [0.05, 0.1) is 12.6 Å². The number of nitrogens with one attached hydrogen (secondary N) is 2. The molecule has 1 aromatic heterocycles. The van der Waals surface area contributed by atoms with Crippen molar-refractivity contribution < 1.29 is 4.74 Å². The van der Waals surface area contributed by atoms with Crippen molar-refractivity contribution in [2.75, 3.05) is 13.2 Å². The largest absolute Gasteiger partial charge is 0.493 e. The van der Waals surface area contributed by atoms with E-state index >= 15 is 0 Å². The minimum Gasteiger partial charge on any atom is -0.493 e. The van der Waals surface area contributed by atoms with Crippen molar-refractivity contribution in [1.82, 2.24) is 20.2 Å². The highest BCUT2D eigenvalue weighted by Gasteiger charge is 2.21. The molecule has 6 nitrogen and oxygen atoms in total. The lowest BCUT2D eigenvalue weighted by Crippen LogP contribution is -2.41. The van der Waals surface area contributed by atoms with Gasteiger partial charge in [0.25, 0.3) is 0 Å². The highest BCUT2D eigenvalue weighted by atomic mass is 16.5. The molecule has 0 saturated carbocycles. The second-order valence-electron chi connectivity index (χ2n) is 6.96. The van der Waals surface area contributed by atoms with Gasteiger partial charge in [0.15, 0.2) is 5.96 Å². The van der Waals surface area contributed by atoms with E-state index in [0.717, 1.165) is 37.0 Å². The minimum atomic E-state index is 0.202. The van der Waals surface area contributed by atoms with Gasteiger partial charge in [-0.05, 0) is 18.9 Å². The number of ether oxygens (including phenoxy) is 1. The fourth-order valence-corrected chi connectivity index (χ4v) is 3.18. The van der Waals surface area contributed by atoms with Crippen LogP contribution in [0.25, 0.3) is 0 Å². The molecule has 2 N–H and O–H groups in total. The predicted molar refractivity (Wildman–Crippen MR) is 104 cm³/mol. The molecule has 2 heterocycles. The van der Waals surface area contributed by atoms with Gasteiger partial charge in [0.1, 0.15) is 18.1 Å². The summed E-state index contributed by atoms with van der Waals surface area (Å²) in [5, 5.41) is 6.90. The summed E-state index contributed by atoms with van der Waals surface area (Å²) in [6.45, 7) is 9.55. The van der Waals surface area contributed by atoms with Crippen LogP contribution in [0.15, 0.2) is 41.7 Å². The number of imidazole rings is 1. The smallest absolute Gasteiger partial charge is 0.192 e. The van der Waals surface area contributed by atoms with Crippen molar-refractivity contribution in [2.24, 2.45) is 10.9 Å². The molecule has 1 aliphatic heterocycles. The molecule has 0 fully saturated rings. The van der Waals surface area contributed by atoms with Crippen molar-refractivity contribution in [3.05, 3.63) is 48.0 Å². The molecule has 1 atom stereocenters. The molecule has 6 heteroatoms. The van der Waals surface area contributed by atoms with Crippen LogP contribution in [-0.4, -0.2) is 28.7 Å². The van der Waals surface area contributed by atoms with Gasteiger partial charge in [0, 0.05) is 37.5 Å². The maximum absolute atomic E-state index is 5.75. The summed E-state index contributed by atoms with van der Waals surface area (Å²) in [5.74, 6) is 3.34. The number of hydrogen-bond donors (Lipinski definition) is 2. The number of nitrogens with zero attached hydrogens (tertiary/aromatic N) is 3. The molecule has 3 rings (SSSR count). The third kappa shape index (κ3) is 4.56. The van der Waals surface area contributed by atoms with Gasteiger partial charge >= 0.3 is 0 Å². The van der Waals surface area contributed by atoms with Gasteiger partial charge in [-0.2, -0.15) is 0 Å². The number of guanidine groups is 1. The lowest BCUT2D eigenvalue weighted by atomic mass is 10.0. The zero-order valence-corrected chi connectivity index (χ0v) is 15.9. The molecule has 0 bridgehead atoms. The maximum atomic E-state index is 5.75. The molecule has 0 aliphatic carbocycles. The predicted octanol–water partition coefficient (Wildman–Crippen LogP) is 3.12. The topological polar surface area (TPSA) is 63.5 Å². The molecule has 0 saturated heterocycles. The van der Waals surface area contributed by atoms with E-state index in [1.165, 1.54) is 5.56 Å². The number of fused-ring (bicyclic) bond motifs is 1. The molecule has 0 radical (unpaired) electrons. The van der Waals surface area contributed by atoms with E-state index in [-0.39, 0.29) is 6.04 Å². The van der Waals surface area contributed by atoms with Crippen LogP contribution >= 0.6 is 0 Å². The van der Waals surface area contributed by atoms with Gasteiger partial charge in [0.2, 0.25) is 0 Å². The van der Waals surface area contributed by atoms with Gasteiger partial charge in [-0.25, -0.2) is 9.98 Å². The third-order valence-electron chi connectivity index (χ3n) is 4.36. The Bertz CT molecular complexity index is 737. The van der Waals surface area contributed by atoms with Crippen LogP contribution in [-0.2, 0) is 13.1 Å². The van der Waals surface area contributed by atoms with Gasteiger partial charge in [-0.1, -0.05) is 32.0 Å². The van der Waals surface area contributed by atoms with Crippen LogP contribution in [0.4, 0.5) is 0 Å². The molecular formula is C20H29N5O. The molecule has 26 heavy (non-hydrogen) atoms. The molecular weight excluding hydrogens is 326 g/mol. The van der Waals surface area contributed by atoms with Crippen LogP contribution in [0.5, 0.6) is 5.75 Å². The van der Waals surface area contributed by atoms with Crippen LogP contribution in [0.1, 0.15) is 44.6 Å². The monoisotopic (exact) mass is 355 g/mol. The highest BCUT2D eigenvalue weighted by molar-refractivity contribution is 5.80. The summed E-state index contributed by atoms with van der Waals surface area (Å²) >= 11 is 0. The molecule has 140 valence electrons. The normalized spacial score (nSPS) is 16.9. The summed E-state index contributed by atoms with van der Waals surface area (Å²) in [4.78, 5) is 9.23. The Hall–Kier alpha value is -2.50. The summed E-state index contributed by atoms with van der Waals surface area (Å²) in [6, 6.07) is 8.40. The van der Waals surface area contributed by atoms with Crippen LogP contribution < -0.4 is 15.4 Å². The lowest BCUT2D eigenvalue weighted by Gasteiger charge is -2.28. The van der Waals surface area contributed by atoms with Gasteiger partial charge in [-0.15, -0.1) is 0 Å². The fraction of sp³-hybridized carbons (Fsp3) is 0.500. The lowest BCUT2D eigenvalue weighted by molar-refractivity contribution is 0.261. The Morgan fingerprint density at radius 3 is 3.04 bits per heavy atom. The number of aromatic nitrogens is 2. The summed E-state index contributed by atoms with van der Waals surface area (Å²) < 4.78 is 7.94. The minimum absolute atomic E-state index is 0.202. The quantitative estimate of drug-likeness (QED) is 0.617. The second kappa shape index (κ2) is 8.74. The van der Waals surface area contributed by atoms with E-state index in [2.05, 4.69) is 53.1 Å². The number of hydrogen-bond acceptors (Lipinski definition) is 3. The fourth-order valence-electron chi connectivity index (χ4n) is 3.18. The Balaban J connectivity index is 1.72. The average Bonchev–Trinajstić information content (AvgIpc) is 3.06. The summed E-state index contributed by atoms with van der Waals surface area (Å²) in [7, 11) is 0. The number of benzene rings is 1. The Kier molecular flexibility index (Phi) is 6.15. The van der Waals surface area contributed by atoms with Crippen LogP contribution in [0, 0.1) is 5.92 Å². The average molecular weight is 355 g/mol. The molecule has 2 aromatic rings. The third-order valence-corrected chi connectivity index (χ3v) is 4.36. The van der Waals surface area contributed by atoms with E-state index in [0.29, 0.717) is 19.1 Å². The number of aliphatic imine (C=N–C) groups is 1. The van der Waals surface area contributed by atoms with E-state index in [1.807, 2.05) is 24.5 Å². The number of rotatable bonds is 6. The Labute approximate surface area is 155 Å². The second-order valence-corrected chi connectivity index (χ2v) is 6.96. The van der Waals surface area contributed by atoms with Crippen molar-refractivity contribution >= 4 is 5.96 Å². The van der Waals surface area contributed by atoms with E-state index in [4.69, 9.17) is 9.73 Å². The zero-order chi connectivity index (χ0) is 18.4. The molecule has 1 unspecified atom stereocenters. The van der Waals surface area contributed by atoms with Crippen molar-refractivity contribution in [3.8, 4) is 5.75 Å². The molecule has 1 aromatic carbocycles. The highest BCUT2D eigenvalue weighted by Crippen LogP contribution is 2.31. The van der Waals surface area contributed by atoms with E-state index in [9.17, 15) is 0 Å². The number of para-hydroxylation sites is 1. The Morgan fingerprint density at radius 1 is 1.38 bits per heavy atom. The Morgan fingerprint density at radius 2 is 2.23 bits per heavy atom. The molecule has 0 spiro atoms. The molecule has 1 aliphatic rings. The van der Waals surface area contributed by atoms with Crippen LogP contribution in [0.3, 0.4) is 0 Å². The SMILES string of the molecule is CCNC(=NCc1nccn1CC(C)C)NC1CCOc2ccccc21. The van der Waals surface area contributed by atoms with E-state index in [1.54, 1.807) is 0 Å². The standard InChI is InChI=1S/C20H29N5O/c1-4-21-20(23-13-19-22-10-11-25(19)14-15(2)3)24-17-9-12-26-18-8-6-5-7-16(17)18/h5-8,10-11,15,17H,4,9,12-14H2,1-3H3,(H2,21,23,24). The zero-order valence-electron chi connectivity index (χ0n) is 15.9. The van der Waals surface area contributed by atoms with Crippen molar-refractivity contribution in [1.29, 1.82) is 0 Å². The van der Waals surface area contributed by atoms with Crippen molar-refractivity contribution in [3.63, 3.8) is 0 Å².